The van der Waals surface area contributed by atoms with Gasteiger partial charge in [-0.3, -0.25) is 13.9 Å². The second-order valence-electron chi connectivity index (χ2n) is 7.02. The number of hydrogen-bond donors (Lipinski definition) is 2. The van der Waals surface area contributed by atoms with Crippen molar-refractivity contribution in [3.05, 3.63) is 90.0 Å². The van der Waals surface area contributed by atoms with Crippen LogP contribution in [0.1, 0.15) is 11.1 Å². The van der Waals surface area contributed by atoms with Gasteiger partial charge in [-0.15, -0.1) is 0 Å². The van der Waals surface area contributed by atoms with Gasteiger partial charge in [-0.1, -0.05) is 42.5 Å². The Balaban J connectivity index is 1.62. The highest BCUT2D eigenvalue weighted by molar-refractivity contribution is 7.92. The molecule has 0 unspecified atom stereocenters. The van der Waals surface area contributed by atoms with Crippen LogP contribution in [0.25, 0.3) is 0 Å². The second kappa shape index (κ2) is 9.44. The number of sulfonamides is 1. The summed E-state index contributed by atoms with van der Waals surface area (Å²) in [6.45, 7) is 0. The van der Waals surface area contributed by atoms with E-state index in [1.165, 1.54) is 11.4 Å². The van der Waals surface area contributed by atoms with Crippen LogP contribution in [0.3, 0.4) is 0 Å². The topological polar surface area (TPSA) is 110 Å². The van der Waals surface area contributed by atoms with E-state index in [0.29, 0.717) is 11.4 Å². The van der Waals surface area contributed by atoms with Gasteiger partial charge in [-0.2, -0.15) is 0 Å². The summed E-state index contributed by atoms with van der Waals surface area (Å²) < 4.78 is 26.6. The summed E-state index contributed by atoms with van der Waals surface area (Å²) in [5.41, 5.74) is 7.80. The Morgan fingerprint density at radius 3 is 1.97 bits per heavy atom. The fourth-order valence-electron chi connectivity index (χ4n) is 3.01. The summed E-state index contributed by atoms with van der Waals surface area (Å²) in [4.78, 5) is 23.5. The van der Waals surface area contributed by atoms with Gasteiger partial charge < -0.3 is 11.1 Å². The van der Waals surface area contributed by atoms with Gasteiger partial charge in [0.1, 0.15) is 0 Å². The molecule has 3 N–H and O–H groups in total. The van der Waals surface area contributed by atoms with Gasteiger partial charge in [0, 0.05) is 12.7 Å². The number of anilines is 2. The van der Waals surface area contributed by atoms with Crippen molar-refractivity contribution in [1.82, 2.24) is 0 Å². The number of rotatable bonds is 8. The zero-order valence-electron chi connectivity index (χ0n) is 17.0. The average Bonchev–Trinajstić information content (AvgIpc) is 2.75. The minimum Gasteiger partial charge on any atom is -0.369 e. The smallest absolute Gasteiger partial charge is 0.264 e. The lowest BCUT2D eigenvalue weighted by Gasteiger charge is -2.19. The molecule has 0 spiro atoms. The third kappa shape index (κ3) is 5.70. The van der Waals surface area contributed by atoms with Gasteiger partial charge in [0.15, 0.2) is 0 Å². The van der Waals surface area contributed by atoms with Crippen LogP contribution in [-0.4, -0.2) is 27.3 Å². The van der Waals surface area contributed by atoms with Crippen molar-refractivity contribution in [2.75, 3.05) is 16.7 Å². The summed E-state index contributed by atoms with van der Waals surface area (Å²) >= 11 is 0. The number of nitrogens with zero attached hydrogens (tertiary/aromatic N) is 1. The van der Waals surface area contributed by atoms with Gasteiger partial charge in [0.2, 0.25) is 11.8 Å². The second-order valence-corrected chi connectivity index (χ2v) is 8.99. The summed E-state index contributed by atoms with van der Waals surface area (Å²) in [7, 11) is -2.16. The summed E-state index contributed by atoms with van der Waals surface area (Å²) in [6.07, 6.45) is 0.285. The molecule has 0 atom stereocenters. The molecule has 0 aromatic heterocycles. The minimum atomic E-state index is -3.65. The summed E-state index contributed by atoms with van der Waals surface area (Å²) in [5.74, 6) is -0.622. The van der Waals surface area contributed by atoms with Gasteiger partial charge in [-0.25, -0.2) is 8.42 Å². The number of benzene rings is 3. The molecule has 0 saturated heterocycles. The molecule has 3 rings (SSSR count). The lowest BCUT2D eigenvalue weighted by atomic mass is 10.1. The first-order valence-corrected chi connectivity index (χ1v) is 11.0. The molecule has 0 saturated carbocycles. The highest BCUT2D eigenvalue weighted by Crippen LogP contribution is 2.22. The number of carbonyl (C=O) groups is 2. The minimum absolute atomic E-state index is 0.137. The maximum atomic E-state index is 12.7. The molecule has 0 aliphatic carbocycles. The highest BCUT2D eigenvalue weighted by Gasteiger charge is 2.20. The Bertz CT molecular complexity index is 1160. The Morgan fingerprint density at radius 2 is 1.39 bits per heavy atom. The van der Waals surface area contributed by atoms with Crippen LogP contribution in [0.4, 0.5) is 11.4 Å². The van der Waals surface area contributed by atoms with Crippen LogP contribution in [0.5, 0.6) is 0 Å². The maximum absolute atomic E-state index is 12.7. The predicted octanol–water partition coefficient (Wildman–Crippen LogP) is 2.72. The summed E-state index contributed by atoms with van der Waals surface area (Å²) in [5, 5.41) is 2.79. The Hall–Kier alpha value is -3.65. The number of hydrogen-bond acceptors (Lipinski definition) is 4. The first-order valence-electron chi connectivity index (χ1n) is 9.56. The van der Waals surface area contributed by atoms with Gasteiger partial charge in [0.25, 0.3) is 10.0 Å². The van der Waals surface area contributed by atoms with Gasteiger partial charge in [0.05, 0.1) is 23.4 Å². The number of nitrogens with two attached hydrogens (primary N) is 1. The number of nitrogens with one attached hydrogen (secondary N) is 1. The van der Waals surface area contributed by atoms with Crippen molar-refractivity contribution in [2.45, 2.75) is 17.7 Å². The molecule has 0 bridgehead atoms. The molecule has 0 heterocycles. The Labute approximate surface area is 181 Å². The van der Waals surface area contributed by atoms with Crippen LogP contribution in [0, 0.1) is 0 Å². The van der Waals surface area contributed by atoms with Crippen LogP contribution in [-0.2, 0) is 32.5 Å². The maximum Gasteiger partial charge on any atom is 0.264 e. The number of amides is 2. The zero-order valence-corrected chi connectivity index (χ0v) is 17.8. The van der Waals surface area contributed by atoms with Crippen LogP contribution >= 0.6 is 0 Å². The molecule has 0 aliphatic rings. The molecular weight excluding hydrogens is 414 g/mol. The van der Waals surface area contributed by atoms with E-state index in [1.54, 1.807) is 78.9 Å². The fraction of sp³-hybridized carbons (Fsp3) is 0.130. The normalized spacial score (nSPS) is 11.0. The summed E-state index contributed by atoms with van der Waals surface area (Å²) in [6, 6.07) is 21.9. The van der Waals surface area contributed by atoms with Crippen molar-refractivity contribution in [3.63, 3.8) is 0 Å². The van der Waals surface area contributed by atoms with Crippen molar-refractivity contribution in [1.29, 1.82) is 0 Å². The van der Waals surface area contributed by atoms with Crippen molar-refractivity contribution < 1.29 is 18.0 Å². The van der Waals surface area contributed by atoms with Crippen LogP contribution in [0.2, 0.25) is 0 Å². The molecule has 8 heteroatoms. The third-order valence-electron chi connectivity index (χ3n) is 4.68. The molecule has 2 amide bonds. The molecule has 160 valence electrons. The lowest BCUT2D eigenvalue weighted by molar-refractivity contribution is -0.117. The van der Waals surface area contributed by atoms with Gasteiger partial charge >= 0.3 is 0 Å². The van der Waals surface area contributed by atoms with E-state index in [2.05, 4.69) is 5.32 Å². The first kappa shape index (κ1) is 22.0. The highest BCUT2D eigenvalue weighted by atomic mass is 32.2. The quantitative estimate of drug-likeness (QED) is 0.565. The Morgan fingerprint density at radius 1 is 0.839 bits per heavy atom. The predicted molar refractivity (Wildman–Crippen MR) is 120 cm³/mol. The van der Waals surface area contributed by atoms with Crippen molar-refractivity contribution in [3.8, 4) is 0 Å². The van der Waals surface area contributed by atoms with E-state index < -0.39 is 15.9 Å². The van der Waals surface area contributed by atoms with E-state index in [-0.39, 0.29) is 23.6 Å². The molecule has 0 fully saturated rings. The van der Waals surface area contributed by atoms with E-state index in [0.717, 1.165) is 11.1 Å². The monoisotopic (exact) mass is 437 g/mol. The molecule has 31 heavy (non-hydrogen) atoms. The largest absolute Gasteiger partial charge is 0.369 e. The van der Waals surface area contributed by atoms with E-state index in [4.69, 9.17) is 5.73 Å². The SMILES string of the molecule is CN(c1ccc(CC(=O)Nc2ccc(CC(N)=O)cc2)cc1)S(=O)(=O)c1ccccc1. The molecule has 3 aromatic rings. The van der Waals surface area contributed by atoms with E-state index in [1.807, 2.05) is 0 Å². The average molecular weight is 438 g/mol. The molecule has 3 aromatic carbocycles. The molecular formula is C23H23N3O4S. The zero-order chi connectivity index (χ0) is 22.4. The molecule has 7 nitrogen and oxygen atoms in total. The lowest BCUT2D eigenvalue weighted by Crippen LogP contribution is -2.26. The van der Waals surface area contributed by atoms with E-state index >= 15 is 0 Å². The molecule has 0 radical (unpaired) electrons. The number of carbonyl (C=O) groups excluding carboxylic acids is 2. The first-order chi connectivity index (χ1) is 14.8. The van der Waals surface area contributed by atoms with Crippen molar-refractivity contribution >= 4 is 33.2 Å². The van der Waals surface area contributed by atoms with Crippen LogP contribution < -0.4 is 15.4 Å². The molecule has 0 aliphatic heterocycles. The fourth-order valence-corrected chi connectivity index (χ4v) is 4.23. The van der Waals surface area contributed by atoms with Crippen molar-refractivity contribution in [2.24, 2.45) is 5.73 Å². The van der Waals surface area contributed by atoms with E-state index in [9.17, 15) is 18.0 Å². The number of primary amides is 1. The third-order valence-corrected chi connectivity index (χ3v) is 6.48. The van der Waals surface area contributed by atoms with Gasteiger partial charge in [-0.05, 0) is 47.5 Å². The van der Waals surface area contributed by atoms with Crippen LogP contribution in [0.15, 0.2) is 83.8 Å². The standard InChI is InChI=1S/C23H23N3O4S/c1-26(31(29,30)21-5-3-2-4-6-21)20-13-9-18(10-14-20)16-23(28)25-19-11-7-17(8-12-19)15-22(24)27/h2-14H,15-16H2,1H3,(H2,24,27)(H,25,28). The Kier molecular flexibility index (Phi) is 6.71.